The van der Waals surface area contributed by atoms with Gasteiger partial charge in [0.05, 0.1) is 11.8 Å². The molecule has 0 aliphatic carbocycles. The molecule has 1 aliphatic rings. The van der Waals surface area contributed by atoms with Crippen molar-refractivity contribution in [2.45, 2.75) is 25.9 Å². The number of carbonyl (C=O) groups excluding carboxylic acids is 1. The molecule has 0 bridgehead atoms. The number of carbonyl (C=O) groups is 1. The number of hydrogen-bond donors (Lipinski definition) is 1. The van der Waals surface area contributed by atoms with Gasteiger partial charge in [-0.05, 0) is 38.0 Å². The molecule has 0 radical (unpaired) electrons. The van der Waals surface area contributed by atoms with E-state index in [0.29, 0.717) is 17.8 Å². The molecule has 23 heavy (non-hydrogen) atoms. The number of ether oxygens (including phenoxy) is 1. The van der Waals surface area contributed by atoms with E-state index in [2.05, 4.69) is 10.4 Å². The van der Waals surface area contributed by atoms with E-state index in [1.54, 1.807) is 25.2 Å². The van der Waals surface area contributed by atoms with Crippen LogP contribution >= 0.6 is 0 Å². The molecule has 0 saturated carbocycles. The summed E-state index contributed by atoms with van der Waals surface area (Å²) in [4.78, 5) is 12.2. The minimum absolute atomic E-state index is 0.0800. The summed E-state index contributed by atoms with van der Waals surface area (Å²) in [5.41, 5.74) is 2.25. The minimum atomic E-state index is -0.329. The van der Waals surface area contributed by atoms with E-state index in [-0.39, 0.29) is 23.5 Å². The number of aromatic nitrogens is 2. The summed E-state index contributed by atoms with van der Waals surface area (Å²) in [7, 11) is 1.70. The number of aryl methyl sites for hydroxylation is 2. The molecular weight excluding hydrogens is 297 g/mol. The van der Waals surface area contributed by atoms with Gasteiger partial charge in [0.2, 0.25) is 0 Å². The van der Waals surface area contributed by atoms with Gasteiger partial charge in [-0.2, -0.15) is 5.10 Å². The number of nitrogens with zero attached hydrogens (tertiary/aromatic N) is 2. The maximum absolute atomic E-state index is 14.0. The van der Waals surface area contributed by atoms with Crippen LogP contribution in [-0.4, -0.2) is 34.9 Å². The summed E-state index contributed by atoms with van der Waals surface area (Å²) in [6, 6.07) is 6.50. The normalized spacial score (nSPS) is 17.4. The molecule has 6 heteroatoms. The summed E-state index contributed by atoms with van der Waals surface area (Å²) in [5, 5.41) is 7.03. The third-order valence-electron chi connectivity index (χ3n) is 4.02. The van der Waals surface area contributed by atoms with Crippen molar-refractivity contribution < 1.29 is 13.9 Å². The Kier molecular flexibility index (Phi) is 4.43. The van der Waals surface area contributed by atoms with E-state index in [0.717, 1.165) is 25.0 Å². The van der Waals surface area contributed by atoms with Crippen molar-refractivity contribution in [3.05, 3.63) is 41.3 Å². The quantitative estimate of drug-likeness (QED) is 0.942. The molecule has 1 fully saturated rings. The summed E-state index contributed by atoms with van der Waals surface area (Å²) in [6.45, 7) is 3.12. The number of amides is 1. The summed E-state index contributed by atoms with van der Waals surface area (Å²) in [5.74, 6) is -0.597. The van der Waals surface area contributed by atoms with Gasteiger partial charge >= 0.3 is 0 Å². The molecule has 1 atom stereocenters. The first-order chi connectivity index (χ1) is 11.0. The van der Waals surface area contributed by atoms with Crippen molar-refractivity contribution in [1.29, 1.82) is 0 Å². The van der Waals surface area contributed by atoms with Crippen LogP contribution in [0.1, 0.15) is 28.9 Å². The molecule has 122 valence electrons. The van der Waals surface area contributed by atoms with E-state index in [1.807, 2.05) is 6.92 Å². The Hall–Kier alpha value is -2.21. The van der Waals surface area contributed by atoms with Crippen LogP contribution < -0.4 is 5.32 Å². The molecule has 1 aromatic carbocycles. The summed E-state index contributed by atoms with van der Waals surface area (Å²) in [6.07, 6.45) is 2.07. The monoisotopic (exact) mass is 317 g/mol. The standard InChI is InChI=1S/C17H20FN3O2/c1-11-5-6-14(18)13(8-11)16-9-15(20-21(16)2)17(22)19-10-12-4-3-7-23-12/h5-6,8-9,12H,3-4,7,10H2,1-2H3,(H,19,22). The van der Waals surface area contributed by atoms with Crippen LogP contribution in [0.3, 0.4) is 0 Å². The van der Waals surface area contributed by atoms with E-state index < -0.39 is 0 Å². The van der Waals surface area contributed by atoms with Crippen LogP contribution in [0.4, 0.5) is 4.39 Å². The van der Waals surface area contributed by atoms with E-state index in [1.165, 1.54) is 10.7 Å². The molecule has 1 unspecified atom stereocenters. The number of hydrogen-bond acceptors (Lipinski definition) is 3. The second-order valence-electron chi connectivity index (χ2n) is 5.87. The van der Waals surface area contributed by atoms with Gasteiger partial charge in [0, 0.05) is 25.8 Å². The highest BCUT2D eigenvalue weighted by Crippen LogP contribution is 2.24. The van der Waals surface area contributed by atoms with Gasteiger partial charge in [-0.1, -0.05) is 11.6 Å². The SMILES string of the molecule is Cc1ccc(F)c(-c2cc(C(=O)NCC3CCCO3)nn2C)c1. The molecule has 1 aliphatic heterocycles. The molecule has 5 nitrogen and oxygen atoms in total. The van der Waals surface area contributed by atoms with Gasteiger partial charge < -0.3 is 10.1 Å². The van der Waals surface area contributed by atoms with Crippen molar-refractivity contribution in [1.82, 2.24) is 15.1 Å². The fourth-order valence-electron chi connectivity index (χ4n) is 2.77. The lowest BCUT2D eigenvalue weighted by Crippen LogP contribution is -2.32. The van der Waals surface area contributed by atoms with Gasteiger partial charge in [-0.25, -0.2) is 4.39 Å². The van der Waals surface area contributed by atoms with Crippen molar-refractivity contribution in [3.63, 3.8) is 0 Å². The maximum Gasteiger partial charge on any atom is 0.271 e. The molecule has 2 aromatic rings. The van der Waals surface area contributed by atoms with Crippen molar-refractivity contribution in [3.8, 4) is 11.3 Å². The molecule has 1 aromatic heterocycles. The molecule has 1 N–H and O–H groups in total. The highest BCUT2D eigenvalue weighted by molar-refractivity contribution is 5.93. The molecule has 0 spiro atoms. The maximum atomic E-state index is 14.0. The Balaban J connectivity index is 1.77. The van der Waals surface area contributed by atoms with Gasteiger partial charge in [0.25, 0.3) is 5.91 Å². The lowest BCUT2D eigenvalue weighted by atomic mass is 10.1. The largest absolute Gasteiger partial charge is 0.376 e. The first kappa shape index (κ1) is 15.7. The third-order valence-corrected chi connectivity index (χ3v) is 4.02. The average Bonchev–Trinajstić information content (AvgIpc) is 3.17. The van der Waals surface area contributed by atoms with Crippen molar-refractivity contribution in [2.75, 3.05) is 13.2 Å². The number of rotatable bonds is 4. The van der Waals surface area contributed by atoms with Gasteiger partial charge in [0.1, 0.15) is 5.82 Å². The van der Waals surface area contributed by atoms with Gasteiger partial charge in [-0.3, -0.25) is 9.48 Å². The Morgan fingerprint density at radius 2 is 2.30 bits per heavy atom. The highest BCUT2D eigenvalue weighted by atomic mass is 19.1. The second-order valence-corrected chi connectivity index (χ2v) is 5.87. The third kappa shape index (κ3) is 3.42. The highest BCUT2D eigenvalue weighted by Gasteiger charge is 2.19. The predicted molar refractivity (Wildman–Crippen MR) is 84.6 cm³/mol. The first-order valence-electron chi connectivity index (χ1n) is 7.75. The van der Waals surface area contributed by atoms with Crippen LogP contribution in [0.2, 0.25) is 0 Å². The lowest BCUT2D eigenvalue weighted by Gasteiger charge is -2.09. The Morgan fingerprint density at radius 3 is 3.04 bits per heavy atom. The van der Waals surface area contributed by atoms with Crippen LogP contribution in [0, 0.1) is 12.7 Å². The van der Waals surface area contributed by atoms with Crippen molar-refractivity contribution in [2.24, 2.45) is 7.05 Å². The zero-order valence-electron chi connectivity index (χ0n) is 13.3. The van der Waals surface area contributed by atoms with Crippen LogP contribution in [0.5, 0.6) is 0 Å². The Morgan fingerprint density at radius 1 is 1.48 bits per heavy atom. The molecule has 1 amide bonds. The molecular formula is C17H20FN3O2. The van der Waals surface area contributed by atoms with Crippen LogP contribution in [-0.2, 0) is 11.8 Å². The van der Waals surface area contributed by atoms with E-state index in [9.17, 15) is 9.18 Å². The average molecular weight is 317 g/mol. The topological polar surface area (TPSA) is 56.1 Å². The first-order valence-corrected chi connectivity index (χ1v) is 7.75. The van der Waals surface area contributed by atoms with Crippen molar-refractivity contribution >= 4 is 5.91 Å². The number of nitrogens with one attached hydrogen (secondary N) is 1. The van der Waals surface area contributed by atoms with Gasteiger partial charge in [-0.15, -0.1) is 0 Å². The van der Waals surface area contributed by atoms with E-state index in [4.69, 9.17) is 4.74 Å². The Bertz CT molecular complexity index is 721. The summed E-state index contributed by atoms with van der Waals surface area (Å²) >= 11 is 0. The fraction of sp³-hybridized carbons (Fsp3) is 0.412. The van der Waals surface area contributed by atoms with Gasteiger partial charge in [0.15, 0.2) is 5.69 Å². The molecule has 3 rings (SSSR count). The zero-order chi connectivity index (χ0) is 16.4. The van der Waals surface area contributed by atoms with Crippen LogP contribution in [0.25, 0.3) is 11.3 Å². The zero-order valence-corrected chi connectivity index (χ0v) is 13.3. The molecule has 2 heterocycles. The smallest absolute Gasteiger partial charge is 0.271 e. The fourth-order valence-corrected chi connectivity index (χ4v) is 2.77. The van der Waals surface area contributed by atoms with Crippen LogP contribution in [0.15, 0.2) is 24.3 Å². The Labute approximate surface area is 134 Å². The van der Waals surface area contributed by atoms with E-state index >= 15 is 0 Å². The summed E-state index contributed by atoms with van der Waals surface area (Å²) < 4.78 is 21.0. The predicted octanol–water partition coefficient (Wildman–Crippen LogP) is 2.44. The molecule has 1 saturated heterocycles. The minimum Gasteiger partial charge on any atom is -0.376 e. The number of benzene rings is 1. The number of halogens is 1. The lowest BCUT2D eigenvalue weighted by molar-refractivity contribution is 0.0853. The second kappa shape index (κ2) is 6.50.